The van der Waals surface area contributed by atoms with Crippen LogP contribution in [0.15, 0.2) is 28.1 Å². The van der Waals surface area contributed by atoms with Gasteiger partial charge in [-0.1, -0.05) is 0 Å². The summed E-state index contributed by atoms with van der Waals surface area (Å²) in [6.45, 7) is 0. The van der Waals surface area contributed by atoms with Gasteiger partial charge in [-0.15, -0.1) is 11.3 Å². The molecule has 1 aromatic carbocycles. The number of halogens is 1. The van der Waals surface area contributed by atoms with Crippen LogP contribution in [0.3, 0.4) is 0 Å². The van der Waals surface area contributed by atoms with Gasteiger partial charge in [-0.05, 0) is 45.1 Å². The Bertz CT molecular complexity index is 590. The molecule has 0 fully saturated rings. The van der Waals surface area contributed by atoms with Gasteiger partial charge < -0.3 is 19.9 Å². The maximum Gasteiger partial charge on any atom is 0.203 e. The van der Waals surface area contributed by atoms with E-state index in [0.717, 1.165) is 16.5 Å². The molecule has 0 saturated heterocycles. The van der Waals surface area contributed by atoms with Gasteiger partial charge in [-0.3, -0.25) is 0 Å². The summed E-state index contributed by atoms with van der Waals surface area (Å²) in [6.07, 6.45) is 0.747. The molecule has 0 radical (unpaired) electrons. The molecule has 0 aliphatic heterocycles. The summed E-state index contributed by atoms with van der Waals surface area (Å²) in [5, 5.41) is 2.04. The molecule has 0 aliphatic carbocycles. The molecule has 1 unspecified atom stereocenters. The number of thiophene rings is 1. The quantitative estimate of drug-likeness (QED) is 0.839. The molecule has 0 amide bonds. The molecular formula is C15H18BrNO3S. The Morgan fingerprint density at radius 1 is 1.14 bits per heavy atom. The van der Waals surface area contributed by atoms with E-state index >= 15 is 0 Å². The van der Waals surface area contributed by atoms with Crippen LogP contribution >= 0.6 is 27.3 Å². The molecule has 2 N–H and O–H groups in total. The van der Waals surface area contributed by atoms with E-state index in [0.29, 0.717) is 17.2 Å². The Balaban J connectivity index is 2.32. The van der Waals surface area contributed by atoms with Crippen LogP contribution in [0.4, 0.5) is 0 Å². The van der Waals surface area contributed by atoms with Crippen LogP contribution in [0.2, 0.25) is 0 Å². The van der Waals surface area contributed by atoms with Gasteiger partial charge in [0.05, 0.1) is 21.3 Å². The Kier molecular flexibility index (Phi) is 5.50. The lowest BCUT2D eigenvalue weighted by molar-refractivity contribution is 0.323. The van der Waals surface area contributed by atoms with Crippen molar-refractivity contribution in [2.75, 3.05) is 21.3 Å². The first-order chi connectivity index (χ1) is 10.1. The number of methoxy groups -OCH3 is 3. The highest BCUT2D eigenvalue weighted by Crippen LogP contribution is 2.40. The summed E-state index contributed by atoms with van der Waals surface area (Å²) < 4.78 is 17.1. The molecule has 1 aromatic heterocycles. The topological polar surface area (TPSA) is 53.7 Å². The maximum absolute atomic E-state index is 6.33. The van der Waals surface area contributed by atoms with Crippen LogP contribution in [0.1, 0.15) is 16.5 Å². The first kappa shape index (κ1) is 16.1. The number of nitrogens with two attached hydrogens (primary N) is 1. The highest BCUT2D eigenvalue weighted by atomic mass is 79.9. The first-order valence-electron chi connectivity index (χ1n) is 6.38. The second-order valence-corrected chi connectivity index (χ2v) is 6.32. The van der Waals surface area contributed by atoms with Gasteiger partial charge in [0, 0.05) is 21.8 Å². The Hall–Kier alpha value is -1.24. The van der Waals surface area contributed by atoms with Crippen molar-refractivity contribution in [3.05, 3.63) is 38.5 Å². The van der Waals surface area contributed by atoms with Crippen molar-refractivity contribution in [1.82, 2.24) is 0 Å². The molecule has 1 heterocycles. The number of hydrogen-bond acceptors (Lipinski definition) is 5. The fourth-order valence-corrected chi connectivity index (χ4v) is 3.68. The van der Waals surface area contributed by atoms with Crippen LogP contribution < -0.4 is 19.9 Å². The van der Waals surface area contributed by atoms with Crippen molar-refractivity contribution < 1.29 is 14.2 Å². The Morgan fingerprint density at radius 2 is 1.76 bits per heavy atom. The second-order valence-electron chi connectivity index (χ2n) is 4.46. The molecule has 2 rings (SSSR count). The summed E-state index contributed by atoms with van der Waals surface area (Å²) in [5.41, 5.74) is 7.28. The van der Waals surface area contributed by atoms with Crippen molar-refractivity contribution >= 4 is 27.3 Å². The van der Waals surface area contributed by atoms with Gasteiger partial charge in [-0.25, -0.2) is 0 Å². The van der Waals surface area contributed by atoms with Gasteiger partial charge in [0.1, 0.15) is 0 Å². The molecule has 21 heavy (non-hydrogen) atoms. The summed E-state index contributed by atoms with van der Waals surface area (Å²) in [7, 11) is 4.79. The zero-order valence-corrected chi connectivity index (χ0v) is 14.6. The van der Waals surface area contributed by atoms with Crippen molar-refractivity contribution in [1.29, 1.82) is 0 Å². The lowest BCUT2D eigenvalue weighted by Crippen LogP contribution is -2.13. The third kappa shape index (κ3) is 3.51. The summed E-state index contributed by atoms with van der Waals surface area (Å²) in [6, 6.07) is 5.68. The van der Waals surface area contributed by atoms with Gasteiger partial charge in [0.15, 0.2) is 11.5 Å². The highest BCUT2D eigenvalue weighted by Gasteiger charge is 2.17. The number of rotatable bonds is 6. The largest absolute Gasteiger partial charge is 0.493 e. The van der Waals surface area contributed by atoms with Gasteiger partial charge in [0.2, 0.25) is 5.75 Å². The normalized spacial score (nSPS) is 12.0. The maximum atomic E-state index is 6.33. The zero-order valence-electron chi connectivity index (χ0n) is 12.2. The summed E-state index contributed by atoms with van der Waals surface area (Å²) >= 11 is 5.22. The van der Waals surface area contributed by atoms with E-state index in [2.05, 4.69) is 15.9 Å². The van der Waals surface area contributed by atoms with Crippen molar-refractivity contribution in [2.45, 2.75) is 12.5 Å². The average Bonchev–Trinajstić information content (AvgIpc) is 2.90. The smallest absolute Gasteiger partial charge is 0.203 e. The van der Waals surface area contributed by atoms with Crippen LogP contribution in [-0.2, 0) is 6.42 Å². The summed E-state index contributed by atoms with van der Waals surface area (Å²) in [5.74, 6) is 1.81. The van der Waals surface area contributed by atoms with E-state index in [1.54, 1.807) is 32.7 Å². The third-order valence-corrected chi connectivity index (χ3v) is 5.16. The van der Waals surface area contributed by atoms with Crippen LogP contribution in [0.5, 0.6) is 17.2 Å². The molecule has 2 aromatic rings. The minimum absolute atomic E-state index is 0.145. The molecule has 114 valence electrons. The minimum atomic E-state index is -0.145. The van der Waals surface area contributed by atoms with E-state index in [4.69, 9.17) is 19.9 Å². The van der Waals surface area contributed by atoms with Crippen molar-refractivity contribution in [2.24, 2.45) is 5.73 Å². The van der Waals surface area contributed by atoms with E-state index in [1.165, 1.54) is 4.88 Å². The fourth-order valence-electron chi connectivity index (χ4n) is 2.10. The molecule has 1 atom stereocenters. The third-order valence-electron chi connectivity index (χ3n) is 3.21. The second kappa shape index (κ2) is 7.15. The molecule has 0 aliphatic rings. The monoisotopic (exact) mass is 371 g/mol. The van der Waals surface area contributed by atoms with Gasteiger partial charge in [0.25, 0.3) is 0 Å². The van der Waals surface area contributed by atoms with Crippen LogP contribution in [-0.4, -0.2) is 21.3 Å². The fraction of sp³-hybridized carbons (Fsp3) is 0.333. The highest BCUT2D eigenvalue weighted by molar-refractivity contribution is 9.10. The lowest BCUT2D eigenvalue weighted by Gasteiger charge is -2.17. The first-order valence-corrected chi connectivity index (χ1v) is 8.05. The predicted octanol–water partition coefficient (Wildman–Crippen LogP) is 3.78. The minimum Gasteiger partial charge on any atom is -0.493 e. The van der Waals surface area contributed by atoms with Gasteiger partial charge >= 0.3 is 0 Å². The molecule has 6 heteroatoms. The van der Waals surface area contributed by atoms with Crippen molar-refractivity contribution in [3.63, 3.8) is 0 Å². The standard InChI is InChI=1S/C15H18BrNO3S/c1-18-12-6-9(7-13(19-2)15(12)20-3)11(17)8-14-10(16)4-5-21-14/h4-7,11H,8,17H2,1-3H3. The predicted molar refractivity (Wildman–Crippen MR) is 88.7 cm³/mol. The number of benzene rings is 1. The average molecular weight is 372 g/mol. The number of ether oxygens (including phenoxy) is 3. The van der Waals surface area contributed by atoms with Crippen molar-refractivity contribution in [3.8, 4) is 17.2 Å². The van der Waals surface area contributed by atoms with Crippen LogP contribution in [0.25, 0.3) is 0 Å². The van der Waals surface area contributed by atoms with E-state index < -0.39 is 0 Å². The van der Waals surface area contributed by atoms with Crippen LogP contribution in [0, 0.1) is 0 Å². The lowest BCUT2D eigenvalue weighted by atomic mass is 10.0. The Labute approximate surface area is 137 Å². The van der Waals surface area contributed by atoms with Gasteiger partial charge in [-0.2, -0.15) is 0 Å². The zero-order chi connectivity index (χ0) is 15.4. The molecule has 0 bridgehead atoms. The summed E-state index contributed by atoms with van der Waals surface area (Å²) in [4.78, 5) is 1.22. The molecular weight excluding hydrogens is 354 g/mol. The SMILES string of the molecule is COc1cc(C(N)Cc2sccc2Br)cc(OC)c1OC. The number of hydrogen-bond donors (Lipinski definition) is 1. The Morgan fingerprint density at radius 3 is 2.19 bits per heavy atom. The van der Waals surface area contributed by atoms with E-state index in [9.17, 15) is 0 Å². The molecule has 0 saturated carbocycles. The molecule has 4 nitrogen and oxygen atoms in total. The van der Waals surface area contributed by atoms with E-state index in [1.807, 2.05) is 23.6 Å². The molecule has 0 spiro atoms. The van der Waals surface area contributed by atoms with E-state index in [-0.39, 0.29) is 6.04 Å².